The highest BCUT2D eigenvalue weighted by Gasteiger charge is 2.22. The van der Waals surface area contributed by atoms with Gasteiger partial charge in [0.05, 0.1) is 0 Å². The SMILES string of the molecule is Cl.O=C(CCC1CCNCC1)NCCCC(=O)N1Cc2ccccc2C1. The number of rotatable bonds is 7. The van der Waals surface area contributed by atoms with E-state index in [-0.39, 0.29) is 24.2 Å². The minimum Gasteiger partial charge on any atom is -0.356 e. The molecule has 1 fully saturated rings. The number of piperidine rings is 1. The molecule has 2 heterocycles. The summed E-state index contributed by atoms with van der Waals surface area (Å²) in [5.41, 5.74) is 2.50. The molecule has 0 radical (unpaired) electrons. The second kappa shape index (κ2) is 10.5. The number of nitrogens with zero attached hydrogens (tertiary/aromatic N) is 1. The standard InChI is InChI=1S/C20H29N3O2.ClH/c24-19(8-7-16-9-12-21-13-10-16)22-11-3-6-20(25)23-14-17-4-1-2-5-18(17)15-23;/h1-2,4-5,16,21H,3,6-15H2,(H,22,24);1H. The van der Waals surface area contributed by atoms with Gasteiger partial charge in [0.25, 0.3) is 0 Å². The molecule has 0 aliphatic carbocycles. The van der Waals surface area contributed by atoms with Crippen molar-refractivity contribution in [1.29, 1.82) is 0 Å². The Labute approximate surface area is 162 Å². The molecule has 1 aromatic rings. The molecule has 2 aliphatic heterocycles. The molecule has 26 heavy (non-hydrogen) atoms. The van der Waals surface area contributed by atoms with Crippen LogP contribution in [0.2, 0.25) is 0 Å². The van der Waals surface area contributed by atoms with Gasteiger partial charge in [0, 0.05) is 32.5 Å². The smallest absolute Gasteiger partial charge is 0.223 e. The molecule has 2 amide bonds. The number of fused-ring (bicyclic) bond motifs is 1. The van der Waals surface area contributed by atoms with Crippen LogP contribution in [0.3, 0.4) is 0 Å². The van der Waals surface area contributed by atoms with Gasteiger partial charge >= 0.3 is 0 Å². The lowest BCUT2D eigenvalue weighted by Gasteiger charge is -2.22. The van der Waals surface area contributed by atoms with Crippen LogP contribution < -0.4 is 10.6 Å². The lowest BCUT2D eigenvalue weighted by molar-refractivity contribution is -0.132. The van der Waals surface area contributed by atoms with Crippen LogP contribution in [-0.4, -0.2) is 36.3 Å². The number of amides is 2. The summed E-state index contributed by atoms with van der Waals surface area (Å²) in [6, 6.07) is 8.22. The van der Waals surface area contributed by atoms with E-state index in [1.165, 1.54) is 24.0 Å². The normalized spacial score (nSPS) is 16.7. The van der Waals surface area contributed by atoms with Crippen LogP contribution in [0.5, 0.6) is 0 Å². The molecule has 0 bridgehead atoms. The first-order valence-electron chi connectivity index (χ1n) is 9.54. The van der Waals surface area contributed by atoms with Gasteiger partial charge < -0.3 is 15.5 Å². The summed E-state index contributed by atoms with van der Waals surface area (Å²) in [4.78, 5) is 26.1. The van der Waals surface area contributed by atoms with E-state index in [1.54, 1.807) is 0 Å². The molecule has 1 aromatic carbocycles. The summed E-state index contributed by atoms with van der Waals surface area (Å²) >= 11 is 0. The highest BCUT2D eigenvalue weighted by molar-refractivity contribution is 5.85. The van der Waals surface area contributed by atoms with E-state index in [9.17, 15) is 9.59 Å². The zero-order chi connectivity index (χ0) is 17.5. The summed E-state index contributed by atoms with van der Waals surface area (Å²) in [5, 5.41) is 6.31. The molecule has 1 saturated heterocycles. The maximum absolute atomic E-state index is 12.3. The van der Waals surface area contributed by atoms with Crippen LogP contribution in [0.1, 0.15) is 49.7 Å². The summed E-state index contributed by atoms with van der Waals surface area (Å²) in [6.07, 6.45) is 5.17. The van der Waals surface area contributed by atoms with Crippen molar-refractivity contribution in [2.45, 2.75) is 51.6 Å². The average molecular weight is 380 g/mol. The number of carbonyl (C=O) groups excluding carboxylic acids is 2. The Morgan fingerprint density at radius 2 is 1.73 bits per heavy atom. The van der Waals surface area contributed by atoms with E-state index in [2.05, 4.69) is 22.8 Å². The quantitative estimate of drug-likeness (QED) is 0.716. The minimum absolute atomic E-state index is 0. The topological polar surface area (TPSA) is 61.4 Å². The molecule has 5 nitrogen and oxygen atoms in total. The third kappa shape index (κ3) is 5.99. The highest BCUT2D eigenvalue weighted by Crippen LogP contribution is 2.23. The number of hydrogen-bond donors (Lipinski definition) is 2. The zero-order valence-electron chi connectivity index (χ0n) is 15.3. The number of nitrogens with one attached hydrogen (secondary N) is 2. The van der Waals surface area contributed by atoms with Crippen molar-refractivity contribution in [2.75, 3.05) is 19.6 Å². The monoisotopic (exact) mass is 379 g/mol. The number of halogens is 1. The van der Waals surface area contributed by atoms with Crippen LogP contribution in [0.15, 0.2) is 24.3 Å². The van der Waals surface area contributed by atoms with Crippen molar-refractivity contribution in [3.8, 4) is 0 Å². The summed E-state index contributed by atoms with van der Waals surface area (Å²) in [7, 11) is 0. The van der Waals surface area contributed by atoms with Gasteiger partial charge in [-0.25, -0.2) is 0 Å². The third-order valence-corrected chi connectivity index (χ3v) is 5.32. The Balaban J connectivity index is 0.00000243. The Hall–Kier alpha value is -1.59. The first-order chi connectivity index (χ1) is 12.2. The lowest BCUT2D eigenvalue weighted by Crippen LogP contribution is -2.30. The van der Waals surface area contributed by atoms with Crippen molar-refractivity contribution in [1.82, 2.24) is 15.5 Å². The van der Waals surface area contributed by atoms with Crippen LogP contribution in [0.4, 0.5) is 0 Å². The van der Waals surface area contributed by atoms with Crippen LogP contribution in [-0.2, 0) is 22.7 Å². The lowest BCUT2D eigenvalue weighted by atomic mass is 9.93. The fourth-order valence-corrected chi connectivity index (χ4v) is 3.73. The molecule has 0 aromatic heterocycles. The first kappa shape index (κ1) is 20.7. The van der Waals surface area contributed by atoms with E-state index >= 15 is 0 Å². The van der Waals surface area contributed by atoms with Crippen molar-refractivity contribution in [2.24, 2.45) is 5.92 Å². The largest absolute Gasteiger partial charge is 0.356 e. The van der Waals surface area contributed by atoms with Crippen LogP contribution in [0, 0.1) is 5.92 Å². The van der Waals surface area contributed by atoms with Crippen molar-refractivity contribution in [3.63, 3.8) is 0 Å². The zero-order valence-corrected chi connectivity index (χ0v) is 16.2. The van der Waals surface area contributed by atoms with E-state index in [0.717, 1.165) is 32.6 Å². The fourth-order valence-electron chi connectivity index (χ4n) is 3.73. The predicted octanol–water partition coefficient (Wildman–Crippen LogP) is 2.63. The van der Waals surface area contributed by atoms with Gasteiger partial charge in [0.15, 0.2) is 0 Å². The Bertz CT molecular complexity index is 577. The Kier molecular flexibility index (Phi) is 8.39. The fraction of sp³-hybridized carbons (Fsp3) is 0.600. The van der Waals surface area contributed by atoms with E-state index in [1.807, 2.05) is 17.0 Å². The summed E-state index contributed by atoms with van der Waals surface area (Å²) in [6.45, 7) is 4.19. The Morgan fingerprint density at radius 1 is 1.08 bits per heavy atom. The maximum Gasteiger partial charge on any atom is 0.223 e. The molecular formula is C20H30ClN3O2. The molecule has 144 valence electrons. The van der Waals surface area contributed by atoms with Crippen molar-refractivity contribution in [3.05, 3.63) is 35.4 Å². The first-order valence-corrected chi connectivity index (χ1v) is 9.54. The second-order valence-electron chi connectivity index (χ2n) is 7.20. The summed E-state index contributed by atoms with van der Waals surface area (Å²) in [5.74, 6) is 0.991. The molecule has 2 aliphatic rings. The third-order valence-electron chi connectivity index (χ3n) is 5.32. The second-order valence-corrected chi connectivity index (χ2v) is 7.20. The van der Waals surface area contributed by atoms with Crippen LogP contribution >= 0.6 is 12.4 Å². The van der Waals surface area contributed by atoms with Crippen molar-refractivity contribution >= 4 is 24.2 Å². The van der Waals surface area contributed by atoms with Gasteiger partial charge in [-0.15, -0.1) is 12.4 Å². The van der Waals surface area contributed by atoms with E-state index < -0.39 is 0 Å². The molecule has 2 N–H and O–H groups in total. The number of benzene rings is 1. The Morgan fingerprint density at radius 3 is 2.38 bits per heavy atom. The number of carbonyl (C=O) groups is 2. The van der Waals surface area contributed by atoms with Gasteiger partial charge in [0.1, 0.15) is 0 Å². The van der Waals surface area contributed by atoms with E-state index in [0.29, 0.717) is 31.7 Å². The molecule has 0 saturated carbocycles. The number of hydrogen-bond acceptors (Lipinski definition) is 3. The molecule has 6 heteroatoms. The molecule has 3 rings (SSSR count). The van der Waals surface area contributed by atoms with Crippen LogP contribution in [0.25, 0.3) is 0 Å². The van der Waals surface area contributed by atoms with Gasteiger partial charge in [-0.3, -0.25) is 9.59 Å². The molecular weight excluding hydrogens is 350 g/mol. The predicted molar refractivity (Wildman–Crippen MR) is 105 cm³/mol. The van der Waals surface area contributed by atoms with Gasteiger partial charge in [-0.1, -0.05) is 24.3 Å². The minimum atomic E-state index is 0. The van der Waals surface area contributed by atoms with E-state index in [4.69, 9.17) is 0 Å². The highest BCUT2D eigenvalue weighted by atomic mass is 35.5. The van der Waals surface area contributed by atoms with Crippen molar-refractivity contribution < 1.29 is 9.59 Å². The molecule has 0 unspecified atom stereocenters. The molecule has 0 spiro atoms. The average Bonchev–Trinajstić information content (AvgIpc) is 3.08. The van der Waals surface area contributed by atoms with Gasteiger partial charge in [-0.2, -0.15) is 0 Å². The van der Waals surface area contributed by atoms with Gasteiger partial charge in [-0.05, 0) is 55.8 Å². The summed E-state index contributed by atoms with van der Waals surface area (Å²) < 4.78 is 0. The molecule has 0 atom stereocenters. The van der Waals surface area contributed by atoms with Gasteiger partial charge in [0.2, 0.25) is 11.8 Å². The maximum atomic E-state index is 12.3.